The second-order valence-corrected chi connectivity index (χ2v) is 6.27. The predicted octanol–water partition coefficient (Wildman–Crippen LogP) is -0.517. The average Bonchev–Trinajstić information content (AvgIpc) is 2.52. The van der Waals surface area contributed by atoms with E-state index in [4.69, 9.17) is 10.2 Å². The van der Waals surface area contributed by atoms with Crippen molar-refractivity contribution in [2.45, 2.75) is 38.3 Å². The lowest BCUT2D eigenvalue weighted by Crippen LogP contribution is -2.49. The summed E-state index contributed by atoms with van der Waals surface area (Å²) < 4.78 is 2.27. The molecule has 0 fully saturated rings. The third kappa shape index (κ3) is 10.3. The van der Waals surface area contributed by atoms with Gasteiger partial charge in [-0.1, -0.05) is 19.7 Å². The van der Waals surface area contributed by atoms with Gasteiger partial charge in [-0.3, -0.25) is 23.9 Å². The molecule has 0 aliphatic rings. The molecule has 0 bridgehead atoms. The van der Waals surface area contributed by atoms with Crippen LogP contribution in [0.1, 0.15) is 26.2 Å². The number of nitrogens with one attached hydrogen (secondary N) is 3. The third-order valence-electron chi connectivity index (χ3n) is 2.81. The van der Waals surface area contributed by atoms with Crippen molar-refractivity contribution in [1.82, 2.24) is 15.4 Å². The van der Waals surface area contributed by atoms with Crippen molar-refractivity contribution < 1.29 is 29.4 Å². The quantitative estimate of drug-likeness (QED) is 0.185. The van der Waals surface area contributed by atoms with Crippen LogP contribution in [0.2, 0.25) is 0 Å². The zero-order chi connectivity index (χ0) is 18.5. The van der Waals surface area contributed by atoms with Gasteiger partial charge in [-0.15, -0.1) is 0 Å². The van der Waals surface area contributed by atoms with Crippen molar-refractivity contribution in [3.05, 3.63) is 0 Å². The Labute approximate surface area is 149 Å². The van der Waals surface area contributed by atoms with Crippen molar-refractivity contribution in [1.29, 1.82) is 0 Å². The summed E-state index contributed by atoms with van der Waals surface area (Å²) in [4.78, 5) is 45.2. The first kappa shape index (κ1) is 22.5. The van der Waals surface area contributed by atoms with Crippen LogP contribution >= 0.6 is 24.6 Å². The number of hydrogen-bond donors (Lipinski definition) is 6. The van der Waals surface area contributed by atoms with E-state index in [-0.39, 0.29) is 12.8 Å². The molecule has 0 radical (unpaired) electrons. The number of thioether (sulfide) groups is 1. The topological polar surface area (TPSA) is 145 Å². The minimum Gasteiger partial charge on any atom is -0.480 e. The van der Waals surface area contributed by atoms with E-state index in [2.05, 4.69) is 28.2 Å². The van der Waals surface area contributed by atoms with Crippen LogP contribution in [0.3, 0.4) is 0 Å². The Morgan fingerprint density at radius 2 is 1.83 bits per heavy atom. The second kappa shape index (κ2) is 12.9. The highest BCUT2D eigenvalue weighted by Gasteiger charge is 2.22. The van der Waals surface area contributed by atoms with Crippen LogP contribution in [-0.2, 0) is 19.2 Å². The van der Waals surface area contributed by atoms with E-state index in [1.165, 1.54) is 11.8 Å². The molecule has 0 aromatic carbocycles. The number of hydrogen-bond acceptors (Lipinski definition) is 7. The lowest BCUT2D eigenvalue weighted by molar-refractivity contribution is -0.139. The van der Waals surface area contributed by atoms with E-state index >= 15 is 0 Å². The molecule has 0 heterocycles. The van der Waals surface area contributed by atoms with Gasteiger partial charge in [0.05, 0.1) is 0 Å². The lowest BCUT2D eigenvalue weighted by Gasteiger charge is -2.18. The Hall–Kier alpha value is -1.46. The number of aliphatic carboxylic acids is 2. The van der Waals surface area contributed by atoms with Crippen LogP contribution in [0, 0.1) is 0 Å². The third-order valence-corrected chi connectivity index (χ3v) is 4.39. The number of carbonyl (C=O) groups excluding carboxylic acids is 2. The van der Waals surface area contributed by atoms with Crippen LogP contribution in [0.5, 0.6) is 0 Å². The Kier molecular flexibility index (Phi) is 12.1. The summed E-state index contributed by atoms with van der Waals surface area (Å²) >= 11 is 5.14. The normalized spacial score (nSPS) is 12.9. The first-order chi connectivity index (χ1) is 11.3. The molecular formula is C13H23N3O6S2. The van der Waals surface area contributed by atoms with Crippen LogP contribution in [-0.4, -0.2) is 64.1 Å². The molecular weight excluding hydrogens is 358 g/mol. The maximum atomic E-state index is 12.0. The summed E-state index contributed by atoms with van der Waals surface area (Å²) in [6.07, 6.45) is 0.803. The highest BCUT2D eigenvalue weighted by molar-refractivity contribution is 7.99. The van der Waals surface area contributed by atoms with Gasteiger partial charge in [0.2, 0.25) is 11.8 Å². The smallest absolute Gasteiger partial charge is 0.322 e. The summed E-state index contributed by atoms with van der Waals surface area (Å²) in [5, 5.41) is 22.2. The SMILES string of the molecule is CCCSC[C@H](NC(=O)CC[C@H](NS)C(=O)O)C(=O)NCC(=O)O. The fourth-order valence-electron chi connectivity index (χ4n) is 1.60. The van der Waals surface area contributed by atoms with Gasteiger partial charge in [-0.05, 0) is 18.6 Å². The molecule has 5 N–H and O–H groups in total. The number of amides is 2. The molecule has 9 nitrogen and oxygen atoms in total. The monoisotopic (exact) mass is 381 g/mol. The molecule has 2 amide bonds. The van der Waals surface area contributed by atoms with Gasteiger partial charge >= 0.3 is 11.9 Å². The molecule has 11 heteroatoms. The molecule has 0 unspecified atom stereocenters. The zero-order valence-electron chi connectivity index (χ0n) is 13.3. The van der Waals surface area contributed by atoms with Crippen molar-refractivity contribution >= 4 is 48.3 Å². The predicted molar refractivity (Wildman–Crippen MR) is 93.0 cm³/mol. The van der Waals surface area contributed by atoms with Crippen LogP contribution < -0.4 is 15.4 Å². The fourth-order valence-corrected chi connectivity index (χ4v) is 2.76. The van der Waals surface area contributed by atoms with E-state index in [1.54, 1.807) is 0 Å². The molecule has 0 aliphatic heterocycles. The van der Waals surface area contributed by atoms with Gasteiger partial charge in [0.15, 0.2) is 0 Å². The Morgan fingerprint density at radius 3 is 2.33 bits per heavy atom. The van der Waals surface area contributed by atoms with Crippen LogP contribution in [0.15, 0.2) is 0 Å². The first-order valence-corrected chi connectivity index (χ1v) is 8.91. The van der Waals surface area contributed by atoms with Crippen molar-refractivity contribution in [3.8, 4) is 0 Å². The molecule has 2 atom stereocenters. The van der Waals surface area contributed by atoms with E-state index in [1.807, 2.05) is 6.92 Å². The summed E-state index contributed by atoms with van der Waals surface area (Å²) in [6.45, 7) is 1.44. The van der Waals surface area contributed by atoms with Gasteiger partial charge < -0.3 is 20.8 Å². The number of rotatable bonds is 13. The van der Waals surface area contributed by atoms with E-state index in [0.29, 0.717) is 5.75 Å². The van der Waals surface area contributed by atoms with E-state index < -0.39 is 42.4 Å². The highest BCUT2D eigenvalue weighted by atomic mass is 32.2. The Bertz CT molecular complexity index is 449. The molecule has 0 aromatic heterocycles. The van der Waals surface area contributed by atoms with Gasteiger partial charge in [0.1, 0.15) is 18.6 Å². The molecule has 0 saturated heterocycles. The second-order valence-electron chi connectivity index (χ2n) is 4.87. The maximum Gasteiger partial charge on any atom is 0.322 e. The Morgan fingerprint density at radius 1 is 1.17 bits per heavy atom. The molecule has 0 rings (SSSR count). The zero-order valence-corrected chi connectivity index (χ0v) is 15.0. The van der Waals surface area contributed by atoms with Gasteiger partial charge in [0, 0.05) is 12.2 Å². The lowest BCUT2D eigenvalue weighted by atomic mass is 10.1. The van der Waals surface area contributed by atoms with Crippen LogP contribution in [0.4, 0.5) is 0 Å². The van der Waals surface area contributed by atoms with Gasteiger partial charge in [-0.2, -0.15) is 11.8 Å². The van der Waals surface area contributed by atoms with Gasteiger partial charge in [0.25, 0.3) is 0 Å². The standard InChI is InChI=1S/C13H23N3O6S2/c1-2-5-24-7-9(12(20)14-6-11(18)19)15-10(17)4-3-8(16-23)13(21)22/h8-9,16,23H,2-7H2,1H3,(H,14,20)(H,15,17)(H,18,19)(H,21,22)/t8-,9-/m0/s1. The molecule has 24 heavy (non-hydrogen) atoms. The number of carbonyl (C=O) groups is 4. The molecule has 0 saturated carbocycles. The fraction of sp³-hybridized carbons (Fsp3) is 0.692. The molecule has 138 valence electrons. The summed E-state index contributed by atoms with van der Waals surface area (Å²) in [6, 6.07) is -1.85. The van der Waals surface area contributed by atoms with Gasteiger partial charge in [-0.25, -0.2) is 0 Å². The van der Waals surface area contributed by atoms with E-state index in [9.17, 15) is 19.2 Å². The van der Waals surface area contributed by atoms with Crippen LogP contribution in [0.25, 0.3) is 0 Å². The largest absolute Gasteiger partial charge is 0.480 e. The van der Waals surface area contributed by atoms with Crippen molar-refractivity contribution in [2.24, 2.45) is 0 Å². The summed E-state index contributed by atoms with van der Waals surface area (Å²) in [5.41, 5.74) is 0. The number of carboxylic acid groups (broad SMARTS) is 2. The first-order valence-electron chi connectivity index (χ1n) is 7.30. The number of thiol groups is 1. The maximum absolute atomic E-state index is 12.0. The molecule has 0 aromatic rings. The molecule has 0 aliphatic carbocycles. The van der Waals surface area contributed by atoms with E-state index in [0.717, 1.165) is 12.2 Å². The minimum absolute atomic E-state index is 0.0102. The van der Waals surface area contributed by atoms with Crippen molar-refractivity contribution in [3.63, 3.8) is 0 Å². The molecule has 0 spiro atoms. The minimum atomic E-state index is -1.18. The average molecular weight is 381 g/mol. The summed E-state index contributed by atoms with van der Waals surface area (Å²) in [5.74, 6) is -2.29. The highest BCUT2D eigenvalue weighted by Crippen LogP contribution is 2.06. The number of carboxylic acids is 2. The van der Waals surface area contributed by atoms with Crippen molar-refractivity contribution in [2.75, 3.05) is 18.1 Å². The summed E-state index contributed by atoms with van der Waals surface area (Å²) in [7, 11) is 0. The Balaban J connectivity index is 4.54.